The number of rotatable bonds is 7. The van der Waals surface area contributed by atoms with Gasteiger partial charge in [-0.15, -0.1) is 0 Å². The first kappa shape index (κ1) is 20.7. The van der Waals surface area contributed by atoms with Gasteiger partial charge in [0.1, 0.15) is 0 Å². The first-order chi connectivity index (χ1) is 13.6. The molecule has 28 heavy (non-hydrogen) atoms. The monoisotopic (exact) mass is 390 g/mol. The van der Waals surface area contributed by atoms with Crippen molar-refractivity contribution in [1.29, 1.82) is 0 Å². The zero-order valence-corrected chi connectivity index (χ0v) is 16.5. The molecule has 0 radical (unpaired) electrons. The Labute approximate surface area is 166 Å². The Kier molecular flexibility index (Phi) is 7.76. The molecular weight excluding hydrogens is 360 g/mol. The summed E-state index contributed by atoms with van der Waals surface area (Å²) in [5.74, 6) is 0.00229. The number of nitrogens with zero attached hydrogens (tertiary/aromatic N) is 3. The minimum absolute atomic E-state index is 0.0242. The van der Waals surface area contributed by atoms with Crippen LogP contribution in [-0.4, -0.2) is 85.2 Å². The SMILES string of the molecule is CN(CC(=O)N1CCOC[C@@H]1CC(=O)NC1CCOCC1)Cc1cccnc1. The molecule has 1 atom stereocenters. The molecular formula is C20H30N4O4. The first-order valence-electron chi connectivity index (χ1n) is 9.93. The molecule has 0 saturated carbocycles. The maximum Gasteiger partial charge on any atom is 0.237 e. The van der Waals surface area contributed by atoms with Crippen molar-refractivity contribution in [3.05, 3.63) is 30.1 Å². The Hall–Kier alpha value is -2.03. The summed E-state index contributed by atoms with van der Waals surface area (Å²) in [5, 5.41) is 3.07. The quantitative estimate of drug-likeness (QED) is 0.727. The number of hydrogen-bond donors (Lipinski definition) is 1. The van der Waals surface area contributed by atoms with Crippen LogP contribution in [0.1, 0.15) is 24.8 Å². The predicted octanol–water partition coefficient (Wildman–Crippen LogP) is 0.426. The molecule has 8 nitrogen and oxygen atoms in total. The van der Waals surface area contributed by atoms with Crippen molar-refractivity contribution < 1.29 is 19.1 Å². The zero-order valence-electron chi connectivity index (χ0n) is 16.5. The third kappa shape index (κ3) is 6.25. The van der Waals surface area contributed by atoms with E-state index in [-0.39, 0.29) is 30.3 Å². The zero-order chi connectivity index (χ0) is 19.8. The van der Waals surface area contributed by atoms with Crippen molar-refractivity contribution in [1.82, 2.24) is 20.1 Å². The molecule has 2 fully saturated rings. The maximum absolute atomic E-state index is 12.8. The van der Waals surface area contributed by atoms with Crippen LogP contribution in [0.5, 0.6) is 0 Å². The van der Waals surface area contributed by atoms with E-state index < -0.39 is 0 Å². The Morgan fingerprint density at radius 2 is 2.11 bits per heavy atom. The second-order valence-electron chi connectivity index (χ2n) is 7.51. The third-order valence-electron chi connectivity index (χ3n) is 5.14. The van der Waals surface area contributed by atoms with E-state index in [0.29, 0.717) is 46.1 Å². The van der Waals surface area contributed by atoms with Crippen molar-refractivity contribution >= 4 is 11.8 Å². The number of carbonyl (C=O) groups excluding carboxylic acids is 2. The Bertz CT molecular complexity index is 636. The lowest BCUT2D eigenvalue weighted by atomic mass is 10.1. The highest BCUT2D eigenvalue weighted by Crippen LogP contribution is 2.13. The molecule has 3 rings (SSSR count). The molecule has 0 unspecified atom stereocenters. The van der Waals surface area contributed by atoms with Crippen molar-refractivity contribution in [3.8, 4) is 0 Å². The van der Waals surface area contributed by atoms with E-state index in [1.165, 1.54) is 0 Å². The van der Waals surface area contributed by atoms with Crippen molar-refractivity contribution in [2.45, 2.75) is 37.9 Å². The molecule has 2 saturated heterocycles. The molecule has 0 aliphatic carbocycles. The molecule has 0 bridgehead atoms. The standard InChI is InChI=1S/C20H30N4O4/c1-23(13-16-3-2-6-21-12-16)14-20(26)24-7-10-28-15-18(24)11-19(25)22-17-4-8-27-9-5-17/h2-3,6,12,17-18H,4-5,7-11,13-15H2,1H3,(H,22,25)/t18-/m0/s1. The van der Waals surface area contributed by atoms with E-state index in [0.717, 1.165) is 18.4 Å². The molecule has 2 aliphatic rings. The average Bonchev–Trinajstić information content (AvgIpc) is 2.69. The first-order valence-corrected chi connectivity index (χ1v) is 9.93. The Morgan fingerprint density at radius 1 is 1.29 bits per heavy atom. The van der Waals surface area contributed by atoms with Gasteiger partial charge in [0.05, 0.1) is 25.8 Å². The fourth-order valence-electron chi connectivity index (χ4n) is 3.68. The van der Waals surface area contributed by atoms with Crippen LogP contribution in [0.15, 0.2) is 24.5 Å². The van der Waals surface area contributed by atoms with Crippen LogP contribution in [-0.2, 0) is 25.6 Å². The minimum Gasteiger partial charge on any atom is -0.381 e. The molecule has 1 aromatic rings. The summed E-state index contributed by atoms with van der Waals surface area (Å²) in [6.45, 7) is 3.76. The van der Waals surface area contributed by atoms with Gasteiger partial charge in [-0.25, -0.2) is 0 Å². The van der Waals surface area contributed by atoms with Crippen LogP contribution in [0.4, 0.5) is 0 Å². The van der Waals surface area contributed by atoms with Crippen molar-refractivity contribution in [2.75, 3.05) is 46.6 Å². The molecule has 2 aliphatic heterocycles. The van der Waals surface area contributed by atoms with Gasteiger partial charge >= 0.3 is 0 Å². The van der Waals surface area contributed by atoms with E-state index in [2.05, 4.69) is 10.3 Å². The van der Waals surface area contributed by atoms with E-state index in [4.69, 9.17) is 9.47 Å². The summed E-state index contributed by atoms with van der Waals surface area (Å²) in [6, 6.07) is 3.83. The van der Waals surface area contributed by atoms with Gasteiger partial charge < -0.3 is 19.7 Å². The topological polar surface area (TPSA) is 84.0 Å². The van der Waals surface area contributed by atoms with Gasteiger partial charge in [-0.3, -0.25) is 19.5 Å². The van der Waals surface area contributed by atoms with Crippen molar-refractivity contribution in [2.24, 2.45) is 0 Å². The van der Waals surface area contributed by atoms with Crippen LogP contribution in [0.25, 0.3) is 0 Å². The minimum atomic E-state index is -0.215. The summed E-state index contributed by atoms with van der Waals surface area (Å²) >= 11 is 0. The summed E-state index contributed by atoms with van der Waals surface area (Å²) in [5.41, 5.74) is 1.06. The smallest absolute Gasteiger partial charge is 0.237 e. The number of amides is 2. The number of ether oxygens (including phenoxy) is 2. The predicted molar refractivity (Wildman–Crippen MR) is 103 cm³/mol. The number of nitrogens with one attached hydrogen (secondary N) is 1. The second-order valence-corrected chi connectivity index (χ2v) is 7.51. The van der Waals surface area contributed by atoms with E-state index in [1.807, 2.05) is 24.1 Å². The van der Waals surface area contributed by atoms with Crippen LogP contribution in [0.3, 0.4) is 0 Å². The van der Waals surface area contributed by atoms with Gasteiger partial charge in [0.15, 0.2) is 0 Å². The number of likely N-dealkylation sites (N-methyl/N-ethyl adjacent to an activating group) is 1. The molecule has 2 amide bonds. The van der Waals surface area contributed by atoms with Crippen LogP contribution < -0.4 is 5.32 Å². The molecule has 3 heterocycles. The molecule has 1 N–H and O–H groups in total. The maximum atomic E-state index is 12.8. The van der Waals surface area contributed by atoms with Crippen LogP contribution in [0, 0.1) is 0 Å². The Balaban J connectivity index is 1.50. The van der Waals surface area contributed by atoms with Crippen LogP contribution >= 0.6 is 0 Å². The lowest BCUT2D eigenvalue weighted by Gasteiger charge is -2.36. The lowest BCUT2D eigenvalue weighted by molar-refractivity contribution is -0.142. The number of hydrogen-bond acceptors (Lipinski definition) is 6. The van der Waals surface area contributed by atoms with Gasteiger partial charge in [0.25, 0.3) is 0 Å². The number of morpholine rings is 1. The largest absolute Gasteiger partial charge is 0.381 e. The normalized spacial score (nSPS) is 20.9. The highest BCUT2D eigenvalue weighted by molar-refractivity contribution is 5.81. The molecule has 1 aromatic heterocycles. The molecule has 8 heteroatoms. The van der Waals surface area contributed by atoms with Gasteiger partial charge in [-0.2, -0.15) is 0 Å². The fraction of sp³-hybridized carbons (Fsp3) is 0.650. The Morgan fingerprint density at radius 3 is 2.86 bits per heavy atom. The fourth-order valence-corrected chi connectivity index (χ4v) is 3.68. The summed E-state index contributed by atoms with van der Waals surface area (Å²) in [4.78, 5) is 33.2. The second kappa shape index (κ2) is 10.5. The van der Waals surface area contributed by atoms with Crippen LogP contribution in [0.2, 0.25) is 0 Å². The molecule has 0 aromatic carbocycles. The number of aromatic nitrogens is 1. The summed E-state index contributed by atoms with van der Waals surface area (Å²) in [6.07, 6.45) is 5.50. The van der Waals surface area contributed by atoms with Gasteiger partial charge in [0.2, 0.25) is 11.8 Å². The summed E-state index contributed by atoms with van der Waals surface area (Å²) in [7, 11) is 1.91. The highest BCUT2D eigenvalue weighted by atomic mass is 16.5. The number of carbonyl (C=O) groups is 2. The molecule has 0 spiro atoms. The van der Waals surface area contributed by atoms with E-state index in [1.54, 1.807) is 17.3 Å². The summed E-state index contributed by atoms with van der Waals surface area (Å²) < 4.78 is 10.9. The molecule has 154 valence electrons. The lowest BCUT2D eigenvalue weighted by Crippen LogP contribution is -2.53. The highest BCUT2D eigenvalue weighted by Gasteiger charge is 2.30. The third-order valence-corrected chi connectivity index (χ3v) is 5.14. The average molecular weight is 390 g/mol. The van der Waals surface area contributed by atoms with Crippen molar-refractivity contribution in [3.63, 3.8) is 0 Å². The number of pyridine rings is 1. The van der Waals surface area contributed by atoms with E-state index in [9.17, 15) is 9.59 Å². The van der Waals surface area contributed by atoms with Gasteiger partial charge in [-0.05, 0) is 31.5 Å². The van der Waals surface area contributed by atoms with Gasteiger partial charge in [0, 0.05) is 51.2 Å². The van der Waals surface area contributed by atoms with Gasteiger partial charge in [-0.1, -0.05) is 6.07 Å². The van der Waals surface area contributed by atoms with E-state index >= 15 is 0 Å².